The molecule has 4 aliphatic rings. The molecule has 1 saturated carbocycles. The Morgan fingerprint density at radius 1 is 1.13 bits per heavy atom. The molecule has 2 fully saturated rings. The molecule has 4 heterocycles. The summed E-state index contributed by atoms with van der Waals surface area (Å²) >= 11 is 0. The van der Waals surface area contributed by atoms with Gasteiger partial charge in [0.05, 0.1) is 25.0 Å². The fourth-order valence-corrected chi connectivity index (χ4v) is 6.63. The number of halogens is 1. The summed E-state index contributed by atoms with van der Waals surface area (Å²) in [4.78, 5) is 14.5. The molecule has 3 unspecified atom stereocenters. The Morgan fingerprint density at radius 3 is 2.71 bits per heavy atom. The van der Waals surface area contributed by atoms with E-state index < -0.39 is 0 Å². The minimum absolute atomic E-state index is 0.0982. The Morgan fingerprint density at radius 2 is 1.95 bits per heavy atom. The van der Waals surface area contributed by atoms with Crippen LogP contribution in [0.25, 0.3) is 0 Å². The van der Waals surface area contributed by atoms with Gasteiger partial charge in [-0.25, -0.2) is 4.39 Å². The van der Waals surface area contributed by atoms with Gasteiger partial charge in [0, 0.05) is 55.3 Å². The molecule has 196 valence electrons. The van der Waals surface area contributed by atoms with E-state index in [0.717, 1.165) is 54.6 Å². The highest BCUT2D eigenvalue weighted by Crippen LogP contribution is 2.68. The molecule has 2 aliphatic heterocycles. The SMILES string of the molecule is CNc1nc(NC2C3=CC34CN(c3cnnc(OC)c3)CC24)nc2c1C(C)(C)CCN2c1ccc(F)cc1. The summed E-state index contributed by atoms with van der Waals surface area (Å²) in [6.07, 6.45) is 5.13. The summed E-state index contributed by atoms with van der Waals surface area (Å²) in [6.45, 7) is 7.11. The zero-order chi connectivity index (χ0) is 26.2. The molecule has 9 nitrogen and oxygen atoms in total. The van der Waals surface area contributed by atoms with Gasteiger partial charge in [-0.3, -0.25) is 0 Å². The van der Waals surface area contributed by atoms with Crippen LogP contribution in [-0.4, -0.2) is 60.0 Å². The zero-order valence-electron chi connectivity index (χ0n) is 22.0. The van der Waals surface area contributed by atoms with Crippen molar-refractivity contribution < 1.29 is 9.13 Å². The summed E-state index contributed by atoms with van der Waals surface area (Å²) in [5, 5.41) is 15.1. The first-order valence-electron chi connectivity index (χ1n) is 13.1. The van der Waals surface area contributed by atoms with Crippen LogP contribution in [0.3, 0.4) is 0 Å². The molecular weight excluding hydrogens is 483 g/mol. The standard InChI is InChI=1S/C28H31FN8O/c1-27(2)9-10-37(17-7-5-16(29)6-8-17)25-22(27)24(30-3)33-26(34-25)32-23-19-12-28(19)15-36(14-20(23)28)18-11-21(38-4)35-31-13-18/h5-8,11-13,20,23H,9-10,14-15H2,1-4H3,(H2,30,32,33,34). The maximum absolute atomic E-state index is 13.7. The summed E-state index contributed by atoms with van der Waals surface area (Å²) in [6, 6.07) is 8.77. The third kappa shape index (κ3) is 3.35. The van der Waals surface area contributed by atoms with Crippen LogP contribution in [0, 0.1) is 17.2 Å². The lowest BCUT2D eigenvalue weighted by atomic mass is 9.69. The number of aromatic nitrogens is 4. The number of fused-ring (bicyclic) bond motifs is 1. The van der Waals surface area contributed by atoms with Gasteiger partial charge in [0.2, 0.25) is 11.8 Å². The molecule has 2 aliphatic carbocycles. The van der Waals surface area contributed by atoms with Crippen LogP contribution in [0.2, 0.25) is 0 Å². The molecular formula is C28H31FN8O. The Kier molecular flexibility index (Phi) is 4.90. The van der Waals surface area contributed by atoms with E-state index in [1.165, 1.54) is 17.7 Å². The number of ether oxygens (including phenoxy) is 1. The summed E-state index contributed by atoms with van der Waals surface area (Å²) in [5.41, 5.74) is 4.53. The summed E-state index contributed by atoms with van der Waals surface area (Å²) < 4.78 is 19.0. The van der Waals surface area contributed by atoms with E-state index in [-0.39, 0.29) is 22.7 Å². The van der Waals surface area contributed by atoms with E-state index in [1.54, 1.807) is 13.3 Å². The van der Waals surface area contributed by atoms with Gasteiger partial charge >= 0.3 is 0 Å². The molecule has 2 N–H and O–H groups in total. The number of benzene rings is 1. The zero-order valence-corrected chi connectivity index (χ0v) is 22.0. The Balaban J connectivity index is 1.19. The van der Waals surface area contributed by atoms with Gasteiger partial charge in [-0.2, -0.15) is 15.1 Å². The first kappa shape index (κ1) is 23.2. The van der Waals surface area contributed by atoms with E-state index in [2.05, 4.69) is 50.6 Å². The average molecular weight is 515 g/mol. The van der Waals surface area contributed by atoms with Gasteiger partial charge in [-0.15, -0.1) is 5.10 Å². The second kappa shape index (κ2) is 8.02. The lowest BCUT2D eigenvalue weighted by molar-refractivity contribution is 0.302. The maximum Gasteiger partial charge on any atom is 0.235 e. The minimum Gasteiger partial charge on any atom is -0.480 e. The van der Waals surface area contributed by atoms with Crippen molar-refractivity contribution in [3.63, 3.8) is 0 Å². The molecule has 38 heavy (non-hydrogen) atoms. The highest BCUT2D eigenvalue weighted by molar-refractivity contribution is 5.74. The third-order valence-electron chi connectivity index (χ3n) is 8.77. The topological polar surface area (TPSA) is 91.3 Å². The molecule has 0 radical (unpaired) electrons. The van der Waals surface area contributed by atoms with Crippen LogP contribution in [-0.2, 0) is 5.41 Å². The van der Waals surface area contributed by atoms with Crippen molar-refractivity contribution >= 4 is 29.0 Å². The second-order valence-corrected chi connectivity index (χ2v) is 11.3. The number of hydrogen-bond acceptors (Lipinski definition) is 9. The first-order chi connectivity index (χ1) is 18.3. The van der Waals surface area contributed by atoms with Crippen LogP contribution < -0.4 is 25.2 Å². The van der Waals surface area contributed by atoms with Crippen LogP contribution in [0.4, 0.5) is 33.3 Å². The summed E-state index contributed by atoms with van der Waals surface area (Å²) in [5.74, 6) is 3.01. The normalized spacial score (nSPS) is 26.0. The van der Waals surface area contributed by atoms with Crippen molar-refractivity contribution in [2.75, 3.05) is 54.2 Å². The van der Waals surface area contributed by atoms with Crippen LogP contribution in [0.15, 0.2) is 48.2 Å². The quantitative estimate of drug-likeness (QED) is 0.471. The van der Waals surface area contributed by atoms with E-state index in [9.17, 15) is 4.39 Å². The molecule has 0 bridgehead atoms. The van der Waals surface area contributed by atoms with E-state index in [4.69, 9.17) is 14.7 Å². The smallest absolute Gasteiger partial charge is 0.235 e. The second-order valence-electron chi connectivity index (χ2n) is 11.3. The van der Waals surface area contributed by atoms with Crippen molar-refractivity contribution in [2.45, 2.75) is 31.7 Å². The molecule has 3 aromatic rings. The molecule has 1 aromatic carbocycles. The van der Waals surface area contributed by atoms with Crippen molar-refractivity contribution in [1.29, 1.82) is 0 Å². The van der Waals surface area contributed by atoms with E-state index in [1.807, 2.05) is 25.2 Å². The van der Waals surface area contributed by atoms with E-state index >= 15 is 0 Å². The van der Waals surface area contributed by atoms with Crippen LogP contribution >= 0.6 is 0 Å². The Labute approximate surface area is 221 Å². The monoisotopic (exact) mass is 514 g/mol. The van der Waals surface area contributed by atoms with Gasteiger partial charge in [0.15, 0.2) is 0 Å². The largest absolute Gasteiger partial charge is 0.480 e. The van der Waals surface area contributed by atoms with Crippen LogP contribution in [0.1, 0.15) is 25.8 Å². The molecule has 3 atom stereocenters. The Hall–Kier alpha value is -3.95. The average Bonchev–Trinajstić information content (AvgIpc) is 3.43. The molecule has 0 amide bonds. The first-order valence-corrected chi connectivity index (χ1v) is 13.1. The van der Waals surface area contributed by atoms with Gasteiger partial charge in [0.1, 0.15) is 17.5 Å². The maximum atomic E-state index is 13.7. The predicted molar refractivity (Wildman–Crippen MR) is 145 cm³/mol. The van der Waals surface area contributed by atoms with Crippen molar-refractivity contribution in [3.05, 3.63) is 59.6 Å². The number of methoxy groups -OCH3 is 1. The lowest BCUT2D eigenvalue weighted by Gasteiger charge is -2.41. The number of hydrogen-bond donors (Lipinski definition) is 2. The molecule has 2 aromatic heterocycles. The number of nitrogens with one attached hydrogen (secondary N) is 2. The number of nitrogens with zero attached hydrogens (tertiary/aromatic N) is 6. The highest BCUT2D eigenvalue weighted by atomic mass is 19.1. The predicted octanol–water partition coefficient (Wildman–Crippen LogP) is 4.13. The van der Waals surface area contributed by atoms with Crippen molar-refractivity contribution in [2.24, 2.45) is 11.3 Å². The summed E-state index contributed by atoms with van der Waals surface area (Å²) in [7, 11) is 3.51. The third-order valence-corrected chi connectivity index (χ3v) is 8.77. The van der Waals surface area contributed by atoms with Gasteiger partial charge < -0.3 is 25.2 Å². The number of anilines is 5. The molecule has 10 heteroatoms. The van der Waals surface area contributed by atoms with Gasteiger partial charge in [0.25, 0.3) is 0 Å². The van der Waals surface area contributed by atoms with Crippen molar-refractivity contribution in [1.82, 2.24) is 20.2 Å². The minimum atomic E-state index is -0.245. The molecule has 7 rings (SSSR count). The molecule has 1 spiro atoms. The van der Waals surface area contributed by atoms with Crippen LogP contribution in [0.5, 0.6) is 5.88 Å². The van der Waals surface area contributed by atoms with Gasteiger partial charge in [-0.05, 0) is 41.7 Å². The lowest BCUT2D eigenvalue weighted by Crippen LogP contribution is -2.47. The highest BCUT2D eigenvalue weighted by Gasteiger charge is 2.69. The van der Waals surface area contributed by atoms with Gasteiger partial charge in [-0.1, -0.05) is 19.9 Å². The Bertz CT molecular complexity index is 1460. The van der Waals surface area contributed by atoms with Crippen molar-refractivity contribution in [3.8, 4) is 5.88 Å². The number of rotatable bonds is 6. The molecule has 1 saturated heterocycles. The fourth-order valence-electron chi connectivity index (χ4n) is 6.63. The van der Waals surface area contributed by atoms with E-state index in [0.29, 0.717) is 17.7 Å². The fraction of sp³-hybridized carbons (Fsp3) is 0.429.